The van der Waals surface area contributed by atoms with Gasteiger partial charge in [0.25, 0.3) is 5.91 Å². The molecule has 1 aliphatic heterocycles. The molecule has 32 heavy (non-hydrogen) atoms. The number of fused-ring (bicyclic) bond motifs is 1. The molecule has 1 saturated heterocycles. The molecule has 5 rings (SSSR count). The minimum atomic E-state index is 0.0722. The lowest BCUT2D eigenvalue weighted by Crippen LogP contribution is -2.46. The standard InChI is InChI=1S/C25H28N6O/c1-4-22-24(20-8-6-5-7-19(20)21-16-27-29(3)17(21)2)28-23-15-18(9-12-31(22)23)25(32)30-13-10-26-11-14-30/h5-9,12,15-16,26H,4,10-11,13-14H2,1-3H3. The molecule has 0 bridgehead atoms. The van der Waals surface area contributed by atoms with Crippen molar-refractivity contribution in [1.29, 1.82) is 0 Å². The van der Waals surface area contributed by atoms with E-state index in [1.807, 2.05) is 47.2 Å². The molecule has 4 aromatic rings. The van der Waals surface area contributed by atoms with Gasteiger partial charge < -0.3 is 14.6 Å². The molecule has 164 valence electrons. The van der Waals surface area contributed by atoms with Crippen molar-refractivity contribution in [3.63, 3.8) is 0 Å². The number of nitrogens with zero attached hydrogens (tertiary/aromatic N) is 5. The third-order valence-electron chi connectivity index (χ3n) is 6.42. The predicted octanol–water partition coefficient (Wildman–Crippen LogP) is 3.32. The Morgan fingerprint density at radius 3 is 2.53 bits per heavy atom. The number of carbonyl (C=O) groups excluding carboxylic acids is 1. The number of hydrogen-bond donors (Lipinski definition) is 1. The minimum Gasteiger partial charge on any atom is -0.336 e. The monoisotopic (exact) mass is 428 g/mol. The van der Waals surface area contributed by atoms with Crippen LogP contribution in [0.15, 0.2) is 48.8 Å². The highest BCUT2D eigenvalue weighted by Gasteiger charge is 2.21. The summed E-state index contributed by atoms with van der Waals surface area (Å²) in [5.41, 5.74) is 8.01. The minimum absolute atomic E-state index is 0.0722. The molecule has 4 heterocycles. The molecular formula is C25H28N6O. The number of amides is 1. The van der Waals surface area contributed by atoms with E-state index in [2.05, 4.69) is 46.9 Å². The Morgan fingerprint density at radius 2 is 1.84 bits per heavy atom. The number of benzene rings is 1. The highest BCUT2D eigenvalue weighted by Crippen LogP contribution is 2.35. The number of aryl methyl sites for hydroxylation is 2. The molecule has 0 spiro atoms. The highest BCUT2D eigenvalue weighted by molar-refractivity contribution is 5.95. The lowest BCUT2D eigenvalue weighted by molar-refractivity contribution is 0.0736. The number of nitrogens with one attached hydrogen (secondary N) is 1. The summed E-state index contributed by atoms with van der Waals surface area (Å²) >= 11 is 0. The Balaban J connectivity index is 1.61. The molecule has 1 N–H and O–H groups in total. The van der Waals surface area contributed by atoms with Crippen LogP contribution >= 0.6 is 0 Å². The lowest BCUT2D eigenvalue weighted by atomic mass is 9.97. The Bertz CT molecular complexity index is 1300. The normalized spacial score (nSPS) is 14.3. The first-order valence-electron chi connectivity index (χ1n) is 11.2. The molecule has 0 atom stereocenters. The average molecular weight is 429 g/mol. The molecule has 0 saturated carbocycles. The fourth-order valence-corrected chi connectivity index (χ4v) is 4.52. The summed E-state index contributed by atoms with van der Waals surface area (Å²) in [5, 5.41) is 7.73. The van der Waals surface area contributed by atoms with Crippen molar-refractivity contribution < 1.29 is 4.79 Å². The van der Waals surface area contributed by atoms with E-state index in [9.17, 15) is 4.79 Å². The number of carbonyl (C=O) groups is 1. The molecule has 1 fully saturated rings. The maximum atomic E-state index is 13.0. The van der Waals surface area contributed by atoms with Gasteiger partial charge in [-0.05, 0) is 31.0 Å². The largest absolute Gasteiger partial charge is 0.336 e. The SMILES string of the molecule is CCc1c(-c2ccccc2-c2cnn(C)c2C)nc2cc(C(=O)N3CCNCC3)ccn12. The van der Waals surface area contributed by atoms with Gasteiger partial charge in [0.15, 0.2) is 0 Å². The lowest BCUT2D eigenvalue weighted by Gasteiger charge is -2.27. The van der Waals surface area contributed by atoms with Crippen molar-refractivity contribution >= 4 is 11.6 Å². The highest BCUT2D eigenvalue weighted by atomic mass is 16.2. The molecule has 7 heteroatoms. The predicted molar refractivity (Wildman–Crippen MR) is 126 cm³/mol. The molecule has 0 aliphatic carbocycles. The number of piperazine rings is 1. The van der Waals surface area contributed by atoms with Crippen molar-refractivity contribution in [3.05, 3.63) is 65.7 Å². The fourth-order valence-electron chi connectivity index (χ4n) is 4.52. The van der Waals surface area contributed by atoms with Gasteiger partial charge in [-0.2, -0.15) is 5.10 Å². The first-order valence-corrected chi connectivity index (χ1v) is 11.2. The number of pyridine rings is 1. The number of hydrogen-bond acceptors (Lipinski definition) is 4. The van der Waals surface area contributed by atoms with E-state index < -0.39 is 0 Å². The Hall–Kier alpha value is -3.45. The van der Waals surface area contributed by atoms with Crippen LogP contribution < -0.4 is 5.32 Å². The van der Waals surface area contributed by atoms with Gasteiger partial charge in [0.2, 0.25) is 0 Å². The van der Waals surface area contributed by atoms with Gasteiger partial charge in [-0.15, -0.1) is 0 Å². The second kappa shape index (κ2) is 8.24. The van der Waals surface area contributed by atoms with E-state index in [-0.39, 0.29) is 5.91 Å². The first-order chi connectivity index (χ1) is 15.6. The molecular weight excluding hydrogens is 400 g/mol. The number of rotatable bonds is 4. The third-order valence-corrected chi connectivity index (χ3v) is 6.42. The van der Waals surface area contributed by atoms with E-state index in [0.29, 0.717) is 5.56 Å². The zero-order valence-electron chi connectivity index (χ0n) is 18.8. The van der Waals surface area contributed by atoms with E-state index in [1.54, 1.807) is 0 Å². The van der Waals surface area contributed by atoms with E-state index >= 15 is 0 Å². The Kier molecular flexibility index (Phi) is 5.27. The van der Waals surface area contributed by atoms with Crippen molar-refractivity contribution in [3.8, 4) is 22.4 Å². The van der Waals surface area contributed by atoms with Crippen molar-refractivity contribution in [2.24, 2.45) is 7.05 Å². The third kappa shape index (κ3) is 3.39. The van der Waals surface area contributed by atoms with Gasteiger partial charge >= 0.3 is 0 Å². The quantitative estimate of drug-likeness (QED) is 0.542. The summed E-state index contributed by atoms with van der Waals surface area (Å²) < 4.78 is 4.00. The van der Waals surface area contributed by atoms with Crippen LogP contribution in [0, 0.1) is 6.92 Å². The Morgan fingerprint density at radius 1 is 1.09 bits per heavy atom. The fraction of sp³-hybridized carbons (Fsp3) is 0.320. The maximum Gasteiger partial charge on any atom is 0.254 e. The zero-order chi connectivity index (χ0) is 22.2. The summed E-state index contributed by atoms with van der Waals surface area (Å²) in [6, 6.07) is 12.2. The van der Waals surface area contributed by atoms with Crippen LogP contribution in [0.2, 0.25) is 0 Å². The topological polar surface area (TPSA) is 67.5 Å². The van der Waals surface area contributed by atoms with E-state index in [4.69, 9.17) is 4.98 Å². The summed E-state index contributed by atoms with van der Waals surface area (Å²) in [4.78, 5) is 19.9. The van der Waals surface area contributed by atoms with Crippen molar-refractivity contribution in [2.45, 2.75) is 20.3 Å². The van der Waals surface area contributed by atoms with Gasteiger partial charge in [0, 0.05) is 61.8 Å². The van der Waals surface area contributed by atoms with Gasteiger partial charge in [-0.1, -0.05) is 31.2 Å². The zero-order valence-corrected chi connectivity index (χ0v) is 18.8. The second-order valence-corrected chi connectivity index (χ2v) is 8.26. The summed E-state index contributed by atoms with van der Waals surface area (Å²) in [6.45, 7) is 7.38. The van der Waals surface area contributed by atoms with Crippen molar-refractivity contribution in [1.82, 2.24) is 29.4 Å². The van der Waals surface area contributed by atoms with E-state index in [0.717, 1.165) is 72.0 Å². The van der Waals surface area contributed by atoms with Gasteiger partial charge in [0.05, 0.1) is 17.6 Å². The van der Waals surface area contributed by atoms with Crippen LogP contribution in [0.3, 0.4) is 0 Å². The maximum absolute atomic E-state index is 13.0. The first kappa shape index (κ1) is 20.5. The van der Waals surface area contributed by atoms with Crippen LogP contribution in [0.4, 0.5) is 0 Å². The van der Waals surface area contributed by atoms with Crippen LogP contribution in [0.25, 0.3) is 28.0 Å². The average Bonchev–Trinajstić information content (AvgIpc) is 3.38. The second-order valence-electron chi connectivity index (χ2n) is 8.26. The van der Waals surface area contributed by atoms with Gasteiger partial charge in [-0.3, -0.25) is 9.48 Å². The molecule has 3 aromatic heterocycles. The number of aromatic nitrogens is 4. The number of imidazole rings is 1. The molecule has 1 amide bonds. The van der Waals surface area contributed by atoms with Crippen LogP contribution in [-0.2, 0) is 13.5 Å². The van der Waals surface area contributed by atoms with E-state index in [1.165, 1.54) is 0 Å². The molecule has 7 nitrogen and oxygen atoms in total. The van der Waals surface area contributed by atoms with Crippen LogP contribution in [0.1, 0.15) is 28.7 Å². The molecule has 0 radical (unpaired) electrons. The molecule has 1 aliphatic rings. The molecule has 1 aromatic carbocycles. The summed E-state index contributed by atoms with van der Waals surface area (Å²) in [5.74, 6) is 0.0722. The van der Waals surface area contributed by atoms with Crippen molar-refractivity contribution in [2.75, 3.05) is 26.2 Å². The van der Waals surface area contributed by atoms with Crippen LogP contribution in [0.5, 0.6) is 0 Å². The Labute approximate surface area is 187 Å². The molecule has 0 unspecified atom stereocenters. The van der Waals surface area contributed by atoms with Gasteiger partial charge in [-0.25, -0.2) is 4.98 Å². The summed E-state index contributed by atoms with van der Waals surface area (Å²) in [7, 11) is 1.96. The smallest absolute Gasteiger partial charge is 0.254 e. The van der Waals surface area contributed by atoms with Crippen LogP contribution in [-0.4, -0.2) is 56.2 Å². The van der Waals surface area contributed by atoms with Gasteiger partial charge in [0.1, 0.15) is 5.65 Å². The summed E-state index contributed by atoms with van der Waals surface area (Å²) in [6.07, 6.45) is 4.74.